The van der Waals surface area contributed by atoms with Crippen molar-refractivity contribution in [1.82, 2.24) is 0 Å². The van der Waals surface area contributed by atoms with E-state index in [2.05, 4.69) is 4.52 Å². The molecular weight excluding hydrogens is 115 g/mol. The largest absolute Gasteiger partial charge is 0.786 e. The Morgan fingerprint density at radius 3 is 2.14 bits per heavy atom. The molecule has 0 aliphatic carbocycles. The summed E-state index contributed by atoms with van der Waals surface area (Å²) in [5.74, 6) is 0. The van der Waals surface area contributed by atoms with Crippen molar-refractivity contribution in [2.75, 3.05) is 0 Å². The van der Waals surface area contributed by atoms with E-state index in [1.54, 1.807) is 13.8 Å². The maximum Gasteiger partial charge on any atom is 0.0796 e. The zero-order valence-corrected chi connectivity index (χ0v) is 5.18. The fraction of sp³-hybridized carbons (Fsp3) is 1.00. The monoisotopic (exact) mass is 123 g/mol. The molecule has 1 unspecified atom stereocenters. The lowest BCUT2D eigenvalue weighted by atomic mass is 10.5. The van der Waals surface area contributed by atoms with E-state index >= 15 is 0 Å². The molecule has 0 saturated carbocycles. The van der Waals surface area contributed by atoms with Crippen molar-refractivity contribution in [2.24, 2.45) is 0 Å². The molecule has 0 aromatic carbocycles. The summed E-state index contributed by atoms with van der Waals surface area (Å²) in [4.78, 5) is 17.7. The molecular formula is C3H8O3P-. The lowest BCUT2D eigenvalue weighted by Crippen LogP contribution is -2.03. The predicted octanol–water partition coefficient (Wildman–Crippen LogP) is -0.00910. The summed E-state index contributed by atoms with van der Waals surface area (Å²) in [6.07, 6.45) is -0.159. The molecule has 0 bridgehead atoms. The van der Waals surface area contributed by atoms with Crippen LogP contribution >= 0.6 is 8.60 Å². The Morgan fingerprint density at radius 1 is 1.71 bits per heavy atom. The second-order valence-corrected chi connectivity index (χ2v) is 2.08. The molecule has 0 spiro atoms. The number of hydrogen-bond acceptors (Lipinski definition) is 3. The Labute approximate surface area is 43.9 Å². The van der Waals surface area contributed by atoms with Gasteiger partial charge < -0.3 is 14.3 Å². The molecule has 0 saturated heterocycles. The molecule has 0 heterocycles. The van der Waals surface area contributed by atoms with Gasteiger partial charge in [0.1, 0.15) is 0 Å². The first-order valence-electron chi connectivity index (χ1n) is 1.96. The van der Waals surface area contributed by atoms with Gasteiger partial charge in [0, 0.05) is 0 Å². The first-order valence-corrected chi connectivity index (χ1v) is 3.09. The second kappa shape index (κ2) is 3.33. The van der Waals surface area contributed by atoms with Crippen molar-refractivity contribution in [3.8, 4) is 0 Å². The van der Waals surface area contributed by atoms with Gasteiger partial charge in [-0.05, 0) is 13.8 Å². The van der Waals surface area contributed by atoms with Crippen LogP contribution < -0.4 is 4.89 Å². The van der Waals surface area contributed by atoms with Crippen molar-refractivity contribution < 1.29 is 14.3 Å². The molecule has 0 aromatic heterocycles. The number of rotatable bonds is 2. The van der Waals surface area contributed by atoms with Crippen LogP contribution in [0.3, 0.4) is 0 Å². The fourth-order valence-electron chi connectivity index (χ4n) is 0.180. The molecule has 0 aliphatic heterocycles. The summed E-state index contributed by atoms with van der Waals surface area (Å²) in [6, 6.07) is 0. The molecule has 7 heavy (non-hydrogen) atoms. The highest BCUT2D eigenvalue weighted by Gasteiger charge is 1.90. The standard InChI is InChI=1S/C3H8O3P/c1-3(2)6-7(4)5/h3-4H,1-2H3/q-1. The Morgan fingerprint density at radius 2 is 2.14 bits per heavy atom. The third-order valence-electron chi connectivity index (χ3n) is 0.301. The summed E-state index contributed by atoms with van der Waals surface area (Å²) in [6.45, 7) is 3.40. The van der Waals surface area contributed by atoms with Crippen LogP contribution in [0.15, 0.2) is 0 Å². The predicted molar refractivity (Wildman–Crippen MR) is 25.4 cm³/mol. The van der Waals surface area contributed by atoms with Gasteiger partial charge >= 0.3 is 0 Å². The average Bonchev–Trinajstić information content (AvgIpc) is 1.27. The summed E-state index contributed by atoms with van der Waals surface area (Å²) < 4.78 is 4.31. The molecule has 0 aromatic rings. The molecule has 3 nitrogen and oxygen atoms in total. The van der Waals surface area contributed by atoms with Gasteiger partial charge in [0.2, 0.25) is 0 Å². The van der Waals surface area contributed by atoms with Crippen LogP contribution in [0.1, 0.15) is 13.8 Å². The molecule has 0 aliphatic rings. The van der Waals surface area contributed by atoms with Crippen molar-refractivity contribution in [3.05, 3.63) is 0 Å². The Balaban J connectivity index is 2.95. The smallest absolute Gasteiger partial charge is 0.0796 e. The molecule has 44 valence electrons. The first kappa shape index (κ1) is 7.31. The SMILES string of the molecule is CC(C)OP([O-])O. The van der Waals surface area contributed by atoms with Crippen LogP contribution in [0.5, 0.6) is 0 Å². The van der Waals surface area contributed by atoms with Gasteiger partial charge in [-0.25, -0.2) is 0 Å². The van der Waals surface area contributed by atoms with Gasteiger partial charge in [-0.2, -0.15) is 0 Å². The maximum atomic E-state index is 9.74. The number of hydrogen-bond donors (Lipinski definition) is 1. The van der Waals surface area contributed by atoms with Gasteiger partial charge in [-0.15, -0.1) is 0 Å². The Bertz CT molecular complexity index is 39.4. The van der Waals surface area contributed by atoms with Crippen LogP contribution in [-0.4, -0.2) is 11.0 Å². The molecule has 1 atom stereocenters. The van der Waals surface area contributed by atoms with Gasteiger partial charge in [0.25, 0.3) is 0 Å². The van der Waals surface area contributed by atoms with Crippen molar-refractivity contribution >= 4 is 8.60 Å². The zero-order chi connectivity index (χ0) is 5.86. The van der Waals surface area contributed by atoms with E-state index in [0.717, 1.165) is 0 Å². The molecule has 0 radical (unpaired) electrons. The second-order valence-electron chi connectivity index (χ2n) is 1.39. The van der Waals surface area contributed by atoms with Crippen molar-refractivity contribution in [1.29, 1.82) is 0 Å². The summed E-state index contributed by atoms with van der Waals surface area (Å²) in [7, 11) is -2.39. The highest BCUT2D eigenvalue weighted by molar-refractivity contribution is 7.37. The topological polar surface area (TPSA) is 52.5 Å². The summed E-state index contributed by atoms with van der Waals surface area (Å²) in [5.41, 5.74) is 0. The molecule has 1 N–H and O–H groups in total. The van der Waals surface area contributed by atoms with Gasteiger partial charge in [-0.1, -0.05) is 0 Å². The van der Waals surface area contributed by atoms with Gasteiger partial charge in [-0.3, -0.25) is 0 Å². The minimum atomic E-state index is -2.39. The van der Waals surface area contributed by atoms with E-state index in [0.29, 0.717) is 0 Å². The molecule has 0 rings (SSSR count). The minimum absolute atomic E-state index is 0.159. The average molecular weight is 123 g/mol. The normalized spacial score (nSPS) is 15.0. The summed E-state index contributed by atoms with van der Waals surface area (Å²) in [5, 5.41) is 0. The van der Waals surface area contributed by atoms with Crippen LogP contribution in [0.2, 0.25) is 0 Å². The first-order chi connectivity index (χ1) is 3.13. The van der Waals surface area contributed by atoms with E-state index in [9.17, 15) is 4.89 Å². The lowest BCUT2D eigenvalue weighted by Gasteiger charge is -2.16. The maximum absolute atomic E-state index is 9.74. The fourth-order valence-corrected chi connectivity index (χ4v) is 0.541. The third-order valence-corrected chi connectivity index (χ3v) is 0.903. The molecule has 0 fully saturated rings. The highest BCUT2D eigenvalue weighted by atomic mass is 31.2. The van der Waals surface area contributed by atoms with Crippen LogP contribution in [0.25, 0.3) is 0 Å². The van der Waals surface area contributed by atoms with E-state index in [1.165, 1.54) is 0 Å². The quantitative estimate of drug-likeness (QED) is 0.525. The van der Waals surface area contributed by atoms with Crippen LogP contribution in [0.4, 0.5) is 0 Å². The minimum Gasteiger partial charge on any atom is -0.786 e. The van der Waals surface area contributed by atoms with Gasteiger partial charge in [0.15, 0.2) is 0 Å². The summed E-state index contributed by atoms with van der Waals surface area (Å²) >= 11 is 0. The lowest BCUT2D eigenvalue weighted by molar-refractivity contribution is -0.201. The van der Waals surface area contributed by atoms with E-state index in [1.807, 2.05) is 0 Å². The molecule has 0 amide bonds. The van der Waals surface area contributed by atoms with E-state index in [4.69, 9.17) is 4.89 Å². The van der Waals surface area contributed by atoms with Crippen molar-refractivity contribution in [2.45, 2.75) is 20.0 Å². The zero-order valence-electron chi connectivity index (χ0n) is 4.29. The van der Waals surface area contributed by atoms with Gasteiger partial charge in [0.05, 0.1) is 14.7 Å². The Kier molecular flexibility index (Phi) is 3.48. The van der Waals surface area contributed by atoms with Crippen LogP contribution in [0, 0.1) is 0 Å². The van der Waals surface area contributed by atoms with E-state index in [-0.39, 0.29) is 6.10 Å². The van der Waals surface area contributed by atoms with Crippen molar-refractivity contribution in [3.63, 3.8) is 0 Å². The van der Waals surface area contributed by atoms with E-state index < -0.39 is 8.60 Å². The Hall–Kier alpha value is 0.310. The third kappa shape index (κ3) is 6.31. The molecule has 4 heteroatoms. The highest BCUT2D eigenvalue weighted by Crippen LogP contribution is 2.20. The van der Waals surface area contributed by atoms with Crippen LogP contribution in [-0.2, 0) is 4.52 Å².